The first-order valence-electron chi connectivity index (χ1n) is 10.2. The summed E-state index contributed by atoms with van der Waals surface area (Å²) in [5.41, 5.74) is -2.21. The number of rotatable bonds is 3. The normalized spacial score (nSPS) is 29.8. The first-order valence-corrected chi connectivity index (χ1v) is 11.8. The molecular formula is C25H19BrCl2O5. The second kappa shape index (κ2) is 8.00. The molecule has 0 aromatic heterocycles. The molecule has 170 valence electrons. The number of hydrogen-bond donors (Lipinski definition) is 2. The van der Waals surface area contributed by atoms with E-state index in [-0.39, 0.29) is 16.3 Å². The Morgan fingerprint density at radius 2 is 1.76 bits per heavy atom. The lowest BCUT2D eigenvalue weighted by Gasteiger charge is -2.40. The molecule has 0 spiro atoms. The van der Waals surface area contributed by atoms with Crippen LogP contribution in [0, 0.1) is 5.92 Å². The molecule has 5 rings (SSSR count). The van der Waals surface area contributed by atoms with Gasteiger partial charge in [0.1, 0.15) is 11.9 Å². The Morgan fingerprint density at radius 1 is 1.09 bits per heavy atom. The molecule has 2 N–H and O–H groups in total. The summed E-state index contributed by atoms with van der Waals surface area (Å²) in [4.78, 5) is 13.0. The average molecular weight is 550 g/mol. The highest BCUT2D eigenvalue weighted by Crippen LogP contribution is 2.69. The van der Waals surface area contributed by atoms with Crippen LogP contribution in [0.4, 0.5) is 0 Å². The van der Waals surface area contributed by atoms with Gasteiger partial charge in [0, 0.05) is 15.4 Å². The van der Waals surface area contributed by atoms with Crippen molar-refractivity contribution in [1.82, 2.24) is 0 Å². The molecule has 5 atom stereocenters. The molecular weight excluding hydrogens is 531 g/mol. The fraction of sp³-hybridized carbons (Fsp3) is 0.240. The van der Waals surface area contributed by atoms with Crippen LogP contribution >= 0.6 is 39.1 Å². The Kier molecular flexibility index (Phi) is 5.50. The SMILES string of the molecule is COC(=O)[C@H]1[C@@H](O)[C@@]2(O)c3c(Cl)cc(Cl)cc3O[C@@]2(c2ccc(Br)cc2)[C@@H]1c1ccccc1. The summed E-state index contributed by atoms with van der Waals surface area (Å²) >= 11 is 16.3. The molecule has 0 saturated heterocycles. The van der Waals surface area contributed by atoms with Gasteiger partial charge in [-0.05, 0) is 35.4 Å². The van der Waals surface area contributed by atoms with Crippen molar-refractivity contribution in [3.8, 4) is 5.75 Å². The van der Waals surface area contributed by atoms with Crippen LogP contribution < -0.4 is 4.74 Å². The molecule has 0 amide bonds. The fourth-order valence-corrected chi connectivity index (χ4v) is 6.34. The molecule has 1 heterocycles. The number of ether oxygens (including phenoxy) is 2. The van der Waals surface area contributed by atoms with Crippen molar-refractivity contribution >= 4 is 45.1 Å². The van der Waals surface area contributed by atoms with Gasteiger partial charge in [-0.1, -0.05) is 81.6 Å². The minimum absolute atomic E-state index is 0.135. The Morgan fingerprint density at radius 3 is 2.39 bits per heavy atom. The Hall–Kier alpha value is -2.09. The number of esters is 1. The van der Waals surface area contributed by atoms with Crippen molar-refractivity contribution in [2.24, 2.45) is 5.92 Å². The fourth-order valence-electron chi connectivity index (χ4n) is 5.46. The lowest BCUT2D eigenvalue weighted by Crippen LogP contribution is -2.52. The number of benzene rings is 3. The number of aliphatic hydroxyl groups excluding tert-OH is 1. The van der Waals surface area contributed by atoms with Gasteiger partial charge < -0.3 is 19.7 Å². The summed E-state index contributed by atoms with van der Waals surface area (Å²) in [5, 5.41) is 24.5. The van der Waals surface area contributed by atoms with Gasteiger partial charge in [0.15, 0.2) is 11.2 Å². The molecule has 1 saturated carbocycles. The van der Waals surface area contributed by atoms with Gasteiger partial charge in [0.2, 0.25) is 0 Å². The molecule has 33 heavy (non-hydrogen) atoms. The predicted octanol–water partition coefficient (Wildman–Crippen LogP) is 5.18. The first kappa shape index (κ1) is 22.7. The van der Waals surface area contributed by atoms with E-state index in [9.17, 15) is 15.0 Å². The van der Waals surface area contributed by atoms with Crippen LogP contribution in [0.25, 0.3) is 0 Å². The summed E-state index contributed by atoms with van der Waals surface area (Å²) in [7, 11) is 1.25. The van der Waals surface area contributed by atoms with E-state index in [1.165, 1.54) is 13.2 Å². The standard InChI is InChI=1S/C25H19BrCl2O5/c1-32-23(30)19-20(13-5-3-2-4-6-13)25(14-7-9-15(26)10-8-14)24(31,22(19)29)21-17(28)11-16(27)12-18(21)33-25/h2-12,19-20,22,29,31H,1H3/t19-,20-,22-,24+,25+/m1/s1. The Bertz CT molecular complexity index is 1240. The third-order valence-electron chi connectivity index (χ3n) is 6.71. The number of carbonyl (C=O) groups is 1. The number of hydrogen-bond acceptors (Lipinski definition) is 5. The molecule has 1 aliphatic heterocycles. The summed E-state index contributed by atoms with van der Waals surface area (Å²) in [5.74, 6) is -2.35. The zero-order valence-electron chi connectivity index (χ0n) is 17.3. The highest BCUT2D eigenvalue weighted by atomic mass is 79.9. The number of fused-ring (bicyclic) bond motifs is 3. The van der Waals surface area contributed by atoms with E-state index >= 15 is 0 Å². The number of halogens is 3. The van der Waals surface area contributed by atoms with Crippen LogP contribution in [0.2, 0.25) is 10.0 Å². The average Bonchev–Trinajstić information content (AvgIpc) is 3.17. The first-order chi connectivity index (χ1) is 15.8. The van der Waals surface area contributed by atoms with E-state index in [1.54, 1.807) is 18.2 Å². The van der Waals surface area contributed by atoms with Crippen molar-refractivity contribution in [3.05, 3.63) is 97.9 Å². The lowest BCUT2D eigenvalue weighted by atomic mass is 9.71. The van der Waals surface area contributed by atoms with Gasteiger partial charge in [0.05, 0.1) is 23.6 Å². The molecule has 3 aromatic carbocycles. The van der Waals surface area contributed by atoms with Crippen LogP contribution in [0.5, 0.6) is 5.75 Å². The van der Waals surface area contributed by atoms with E-state index in [4.69, 9.17) is 32.7 Å². The highest BCUT2D eigenvalue weighted by molar-refractivity contribution is 9.10. The van der Waals surface area contributed by atoms with Crippen LogP contribution in [0.1, 0.15) is 22.6 Å². The van der Waals surface area contributed by atoms with Crippen LogP contribution in [0.3, 0.4) is 0 Å². The van der Waals surface area contributed by atoms with Crippen molar-refractivity contribution < 1.29 is 24.5 Å². The number of methoxy groups -OCH3 is 1. The minimum Gasteiger partial charge on any atom is -0.478 e. The maximum absolute atomic E-state index is 13.0. The van der Waals surface area contributed by atoms with Crippen LogP contribution in [-0.4, -0.2) is 29.4 Å². The molecule has 1 aliphatic carbocycles. The van der Waals surface area contributed by atoms with Gasteiger partial charge in [-0.15, -0.1) is 0 Å². The summed E-state index contributed by atoms with van der Waals surface area (Å²) in [6.45, 7) is 0. The third-order valence-corrected chi connectivity index (χ3v) is 7.75. The molecule has 8 heteroatoms. The third kappa shape index (κ3) is 3.01. The molecule has 0 radical (unpaired) electrons. The van der Waals surface area contributed by atoms with Gasteiger partial charge in [-0.3, -0.25) is 4.79 Å². The number of aliphatic hydroxyl groups is 2. The smallest absolute Gasteiger partial charge is 0.312 e. The van der Waals surface area contributed by atoms with Gasteiger partial charge in [-0.2, -0.15) is 0 Å². The highest BCUT2D eigenvalue weighted by Gasteiger charge is 2.78. The monoisotopic (exact) mass is 548 g/mol. The van der Waals surface area contributed by atoms with E-state index in [0.717, 1.165) is 4.47 Å². The van der Waals surface area contributed by atoms with E-state index in [0.29, 0.717) is 16.1 Å². The predicted molar refractivity (Wildman–Crippen MR) is 128 cm³/mol. The van der Waals surface area contributed by atoms with Crippen LogP contribution in [0.15, 0.2) is 71.2 Å². The topological polar surface area (TPSA) is 76.0 Å². The van der Waals surface area contributed by atoms with E-state index < -0.39 is 35.1 Å². The van der Waals surface area contributed by atoms with Gasteiger partial charge in [-0.25, -0.2) is 0 Å². The largest absolute Gasteiger partial charge is 0.478 e. The molecule has 1 fully saturated rings. The second-order valence-electron chi connectivity index (χ2n) is 8.25. The second-order valence-corrected chi connectivity index (χ2v) is 10.0. The summed E-state index contributed by atoms with van der Waals surface area (Å²) in [6.07, 6.45) is -1.58. The quantitative estimate of drug-likeness (QED) is 0.440. The maximum atomic E-state index is 13.0. The molecule has 2 aliphatic rings. The molecule has 3 aromatic rings. The summed E-state index contributed by atoms with van der Waals surface area (Å²) in [6, 6.07) is 19.4. The van der Waals surface area contributed by atoms with Crippen molar-refractivity contribution in [2.45, 2.75) is 23.2 Å². The molecule has 0 bridgehead atoms. The van der Waals surface area contributed by atoms with Crippen LogP contribution in [-0.2, 0) is 20.7 Å². The molecule has 5 nitrogen and oxygen atoms in total. The van der Waals surface area contributed by atoms with E-state index in [1.807, 2.05) is 42.5 Å². The Labute approximate surface area is 209 Å². The van der Waals surface area contributed by atoms with Crippen molar-refractivity contribution in [3.63, 3.8) is 0 Å². The summed E-state index contributed by atoms with van der Waals surface area (Å²) < 4.78 is 12.5. The molecule has 0 unspecified atom stereocenters. The van der Waals surface area contributed by atoms with Crippen molar-refractivity contribution in [2.75, 3.05) is 7.11 Å². The van der Waals surface area contributed by atoms with Gasteiger partial charge >= 0.3 is 5.97 Å². The zero-order valence-corrected chi connectivity index (χ0v) is 20.4. The van der Waals surface area contributed by atoms with Gasteiger partial charge in [0.25, 0.3) is 0 Å². The van der Waals surface area contributed by atoms with Crippen molar-refractivity contribution in [1.29, 1.82) is 0 Å². The number of carbonyl (C=O) groups excluding carboxylic acids is 1. The minimum atomic E-state index is -2.07. The lowest BCUT2D eigenvalue weighted by molar-refractivity contribution is -0.161. The zero-order chi connectivity index (χ0) is 23.5. The van der Waals surface area contributed by atoms with E-state index in [2.05, 4.69) is 15.9 Å². The Balaban J connectivity index is 1.89. The maximum Gasteiger partial charge on any atom is 0.312 e.